The van der Waals surface area contributed by atoms with Crippen molar-refractivity contribution in [1.29, 1.82) is 0 Å². The molecule has 0 aromatic heterocycles. The second-order valence-electron chi connectivity index (χ2n) is 6.80. The monoisotopic (exact) mass is 324 g/mol. The summed E-state index contributed by atoms with van der Waals surface area (Å²) >= 11 is 0. The van der Waals surface area contributed by atoms with Crippen molar-refractivity contribution in [3.8, 4) is 0 Å². The summed E-state index contributed by atoms with van der Waals surface area (Å²) in [5.74, 6) is 0.467. The van der Waals surface area contributed by atoms with E-state index in [9.17, 15) is 5.11 Å². The molecule has 0 aliphatic carbocycles. The fourth-order valence-electron chi connectivity index (χ4n) is 3.97. The number of aliphatic hydroxyl groups excluding tert-OH is 1. The molecule has 126 valence electrons. The predicted molar refractivity (Wildman–Crippen MR) is 92.9 cm³/mol. The maximum Gasteiger partial charge on any atom is 0.102 e. The van der Waals surface area contributed by atoms with Crippen LogP contribution in [0.15, 0.2) is 60.7 Å². The summed E-state index contributed by atoms with van der Waals surface area (Å²) < 4.78 is 0. The fourth-order valence-corrected chi connectivity index (χ4v) is 3.97. The van der Waals surface area contributed by atoms with Crippen LogP contribution in [0.3, 0.4) is 0 Å². The van der Waals surface area contributed by atoms with E-state index >= 15 is 0 Å². The van der Waals surface area contributed by atoms with Gasteiger partial charge in [0.25, 0.3) is 0 Å². The molecular weight excluding hydrogens is 300 g/mol. The Bertz CT molecular complexity index is 649. The van der Waals surface area contributed by atoms with Gasteiger partial charge in [0, 0.05) is 32.1 Å². The summed E-state index contributed by atoms with van der Waals surface area (Å²) in [6.45, 7) is 3.75. The van der Waals surface area contributed by atoms with Gasteiger partial charge in [0.05, 0.1) is 12.6 Å². The molecule has 0 saturated carbocycles. The molecular formula is C20H24N2O2. The molecule has 2 aliphatic rings. The van der Waals surface area contributed by atoms with Crippen LogP contribution in [-0.4, -0.2) is 46.9 Å². The number of nitrogens with zero attached hydrogens (tertiary/aromatic N) is 2. The molecule has 2 aromatic carbocycles. The maximum absolute atomic E-state index is 9.90. The van der Waals surface area contributed by atoms with Gasteiger partial charge in [-0.1, -0.05) is 60.7 Å². The van der Waals surface area contributed by atoms with E-state index in [4.69, 9.17) is 4.84 Å². The van der Waals surface area contributed by atoms with Gasteiger partial charge in [-0.2, -0.15) is 5.06 Å². The Hall–Kier alpha value is -1.72. The summed E-state index contributed by atoms with van der Waals surface area (Å²) in [6.07, 6.45) is 0.0995. The molecule has 2 saturated heterocycles. The molecule has 2 heterocycles. The highest BCUT2D eigenvalue weighted by atomic mass is 16.7. The zero-order chi connectivity index (χ0) is 16.4. The van der Waals surface area contributed by atoms with Crippen LogP contribution in [0.1, 0.15) is 11.1 Å². The first kappa shape index (κ1) is 15.8. The van der Waals surface area contributed by atoms with Crippen molar-refractivity contribution in [3.63, 3.8) is 0 Å². The Morgan fingerprint density at radius 2 is 1.50 bits per heavy atom. The second-order valence-corrected chi connectivity index (χ2v) is 6.80. The van der Waals surface area contributed by atoms with Gasteiger partial charge in [0.1, 0.15) is 6.10 Å². The average molecular weight is 324 g/mol. The highest BCUT2D eigenvalue weighted by Crippen LogP contribution is 2.34. The fraction of sp³-hybridized carbons (Fsp3) is 0.400. The number of likely N-dealkylation sites (tertiary alicyclic amines) is 1. The summed E-state index contributed by atoms with van der Waals surface area (Å²) in [5, 5.41) is 12.0. The van der Waals surface area contributed by atoms with Gasteiger partial charge in [-0.05, 0) is 11.1 Å². The van der Waals surface area contributed by atoms with Crippen molar-refractivity contribution >= 4 is 0 Å². The number of hydrogen-bond acceptors (Lipinski definition) is 4. The molecule has 0 bridgehead atoms. The number of hydrogen-bond donors (Lipinski definition) is 1. The van der Waals surface area contributed by atoms with E-state index in [0.29, 0.717) is 5.92 Å². The molecule has 4 nitrogen and oxygen atoms in total. The van der Waals surface area contributed by atoms with E-state index in [-0.39, 0.29) is 18.8 Å². The lowest BCUT2D eigenvalue weighted by atomic mass is 10.0. The standard InChI is InChI=1S/C20H24N2O2/c23-15-19-20-18(13-21(19)11-16-7-3-1-4-8-16)14-22(24-20)12-17-9-5-2-6-10-17/h1-10,18-20,23H,11-15H2/t18-,19-,20+/m1/s1. The van der Waals surface area contributed by atoms with Crippen molar-refractivity contribution < 1.29 is 9.94 Å². The molecule has 4 heteroatoms. The highest BCUT2D eigenvalue weighted by molar-refractivity contribution is 5.16. The van der Waals surface area contributed by atoms with E-state index < -0.39 is 0 Å². The SMILES string of the molecule is OC[C@@H]1[C@H]2ON(Cc3ccccc3)C[C@H]2CN1Cc1ccccc1. The Morgan fingerprint density at radius 3 is 2.12 bits per heavy atom. The van der Waals surface area contributed by atoms with Crippen LogP contribution in [-0.2, 0) is 17.9 Å². The molecule has 0 spiro atoms. The normalized spacial score (nSPS) is 27.5. The van der Waals surface area contributed by atoms with Gasteiger partial charge in [0.2, 0.25) is 0 Å². The van der Waals surface area contributed by atoms with Crippen LogP contribution in [0.2, 0.25) is 0 Å². The Balaban J connectivity index is 1.40. The minimum absolute atomic E-state index is 0.0796. The second kappa shape index (κ2) is 7.03. The van der Waals surface area contributed by atoms with Gasteiger partial charge in [-0.25, -0.2) is 0 Å². The highest BCUT2D eigenvalue weighted by Gasteiger charge is 2.47. The molecule has 2 aromatic rings. The van der Waals surface area contributed by atoms with Crippen LogP contribution in [0.4, 0.5) is 0 Å². The summed E-state index contributed by atoms with van der Waals surface area (Å²) in [4.78, 5) is 8.56. The van der Waals surface area contributed by atoms with E-state index in [1.54, 1.807) is 0 Å². The van der Waals surface area contributed by atoms with Crippen molar-refractivity contribution in [1.82, 2.24) is 9.96 Å². The molecule has 3 atom stereocenters. The topological polar surface area (TPSA) is 35.9 Å². The van der Waals surface area contributed by atoms with Crippen LogP contribution < -0.4 is 0 Å². The summed E-state index contributed by atoms with van der Waals surface area (Å²) in [5.41, 5.74) is 2.55. The minimum Gasteiger partial charge on any atom is -0.395 e. The molecule has 0 radical (unpaired) electrons. The Labute approximate surface area is 143 Å². The first-order chi connectivity index (χ1) is 11.8. The number of benzene rings is 2. The molecule has 4 rings (SSSR count). The van der Waals surface area contributed by atoms with Gasteiger partial charge >= 0.3 is 0 Å². The van der Waals surface area contributed by atoms with Crippen molar-refractivity contribution in [3.05, 3.63) is 71.8 Å². The van der Waals surface area contributed by atoms with E-state index in [2.05, 4.69) is 58.5 Å². The molecule has 2 aliphatic heterocycles. The van der Waals surface area contributed by atoms with Crippen LogP contribution in [0, 0.1) is 5.92 Å². The predicted octanol–water partition coefficient (Wildman–Crippen LogP) is 2.30. The quantitative estimate of drug-likeness (QED) is 0.915. The average Bonchev–Trinajstić information content (AvgIpc) is 3.13. The summed E-state index contributed by atoms with van der Waals surface area (Å²) in [7, 11) is 0. The Morgan fingerprint density at radius 1 is 0.875 bits per heavy atom. The van der Waals surface area contributed by atoms with E-state index in [1.807, 2.05) is 12.1 Å². The van der Waals surface area contributed by atoms with Crippen molar-refractivity contribution in [2.75, 3.05) is 19.7 Å². The largest absolute Gasteiger partial charge is 0.395 e. The van der Waals surface area contributed by atoms with Crippen LogP contribution in [0.25, 0.3) is 0 Å². The van der Waals surface area contributed by atoms with Crippen molar-refractivity contribution in [2.24, 2.45) is 5.92 Å². The van der Waals surface area contributed by atoms with Gasteiger partial charge in [-0.15, -0.1) is 0 Å². The van der Waals surface area contributed by atoms with Crippen molar-refractivity contribution in [2.45, 2.75) is 25.2 Å². The maximum atomic E-state index is 9.90. The minimum atomic E-state index is 0.0796. The zero-order valence-electron chi connectivity index (χ0n) is 13.8. The van der Waals surface area contributed by atoms with Crippen LogP contribution in [0.5, 0.6) is 0 Å². The number of rotatable bonds is 5. The summed E-state index contributed by atoms with van der Waals surface area (Å²) in [6, 6.07) is 21.0. The first-order valence-corrected chi connectivity index (χ1v) is 8.68. The van der Waals surface area contributed by atoms with Gasteiger partial charge in [0.15, 0.2) is 0 Å². The zero-order valence-corrected chi connectivity index (χ0v) is 13.8. The number of fused-ring (bicyclic) bond motifs is 1. The lowest BCUT2D eigenvalue weighted by Crippen LogP contribution is -2.40. The molecule has 2 fully saturated rings. The number of aliphatic hydroxyl groups is 1. The van der Waals surface area contributed by atoms with E-state index in [0.717, 1.165) is 26.2 Å². The van der Waals surface area contributed by atoms with Crippen LogP contribution >= 0.6 is 0 Å². The molecule has 1 N–H and O–H groups in total. The third kappa shape index (κ3) is 3.23. The molecule has 24 heavy (non-hydrogen) atoms. The molecule has 0 unspecified atom stereocenters. The smallest absolute Gasteiger partial charge is 0.102 e. The Kier molecular flexibility index (Phi) is 4.63. The third-order valence-corrected chi connectivity index (χ3v) is 5.11. The lowest BCUT2D eigenvalue weighted by Gasteiger charge is -2.27. The van der Waals surface area contributed by atoms with Gasteiger partial charge in [-0.3, -0.25) is 9.74 Å². The van der Waals surface area contributed by atoms with E-state index in [1.165, 1.54) is 11.1 Å². The lowest BCUT2D eigenvalue weighted by molar-refractivity contribution is -0.168. The first-order valence-electron chi connectivity index (χ1n) is 8.68. The number of hydroxylamine groups is 2. The molecule has 0 amide bonds. The van der Waals surface area contributed by atoms with Gasteiger partial charge < -0.3 is 5.11 Å². The third-order valence-electron chi connectivity index (χ3n) is 5.11.